The molecule has 0 aliphatic carbocycles. The van der Waals surface area contributed by atoms with Gasteiger partial charge in [-0.15, -0.1) is 0 Å². The fraction of sp³-hybridized carbons (Fsp3) is 0.833. The molecule has 1 saturated heterocycles. The molecule has 0 aromatic heterocycles. The van der Waals surface area contributed by atoms with Gasteiger partial charge in [0.2, 0.25) is 0 Å². The minimum Gasteiger partial charge on any atom is -0.465 e. The first-order valence-electron chi connectivity index (χ1n) is 5.95. The van der Waals surface area contributed by atoms with Gasteiger partial charge in [0.1, 0.15) is 11.2 Å². The van der Waals surface area contributed by atoms with Crippen LogP contribution in [0.5, 0.6) is 0 Å². The van der Waals surface area contributed by atoms with Crippen molar-refractivity contribution in [1.29, 1.82) is 0 Å². The number of esters is 1. The Kier molecular flexibility index (Phi) is 4.93. The lowest BCUT2D eigenvalue weighted by Crippen LogP contribution is -2.45. The summed E-state index contributed by atoms with van der Waals surface area (Å²) >= 11 is 0. The Bertz CT molecular complexity index is 254. The van der Waals surface area contributed by atoms with Crippen LogP contribution in [0, 0.1) is 5.41 Å². The zero-order valence-corrected chi connectivity index (χ0v) is 10.1. The molecule has 0 amide bonds. The van der Waals surface area contributed by atoms with Crippen LogP contribution in [0.3, 0.4) is 0 Å². The van der Waals surface area contributed by atoms with Crippen LogP contribution >= 0.6 is 0 Å². The molecule has 1 fully saturated rings. The predicted molar refractivity (Wildman–Crippen MR) is 59.0 cm³/mol. The van der Waals surface area contributed by atoms with E-state index in [1.54, 1.807) is 6.92 Å². The predicted octanol–water partition coefficient (Wildman–Crippen LogP) is 1.72. The standard InChI is InChI=1S/C12H20O4/c1-3-7-16-11(14)12(10(13)4-2)5-8-15-9-6-12/h3-9H2,1-2H3. The summed E-state index contributed by atoms with van der Waals surface area (Å²) in [4.78, 5) is 23.9. The van der Waals surface area contributed by atoms with Crippen LogP contribution in [0.25, 0.3) is 0 Å². The van der Waals surface area contributed by atoms with Crippen molar-refractivity contribution in [1.82, 2.24) is 0 Å². The summed E-state index contributed by atoms with van der Waals surface area (Å²) in [6.07, 6.45) is 2.07. The van der Waals surface area contributed by atoms with Crippen molar-refractivity contribution in [2.24, 2.45) is 5.41 Å². The number of ether oxygens (including phenoxy) is 2. The van der Waals surface area contributed by atoms with Crippen LogP contribution in [0.15, 0.2) is 0 Å². The van der Waals surface area contributed by atoms with Crippen LogP contribution in [0.2, 0.25) is 0 Å². The van der Waals surface area contributed by atoms with Crippen LogP contribution in [0.4, 0.5) is 0 Å². The molecule has 0 aromatic rings. The molecule has 1 rings (SSSR count). The summed E-state index contributed by atoms with van der Waals surface area (Å²) in [6.45, 7) is 5.04. The van der Waals surface area contributed by atoms with Crippen molar-refractivity contribution in [3.8, 4) is 0 Å². The van der Waals surface area contributed by atoms with Gasteiger partial charge >= 0.3 is 5.97 Å². The Labute approximate surface area is 96.3 Å². The van der Waals surface area contributed by atoms with Gasteiger partial charge in [0.25, 0.3) is 0 Å². The van der Waals surface area contributed by atoms with E-state index in [1.165, 1.54) is 0 Å². The Hall–Kier alpha value is -0.900. The highest BCUT2D eigenvalue weighted by atomic mass is 16.5. The third kappa shape index (κ3) is 2.61. The van der Waals surface area contributed by atoms with Gasteiger partial charge in [-0.25, -0.2) is 0 Å². The van der Waals surface area contributed by atoms with Gasteiger partial charge in [-0.05, 0) is 19.3 Å². The highest BCUT2D eigenvalue weighted by Gasteiger charge is 2.46. The smallest absolute Gasteiger partial charge is 0.319 e. The fourth-order valence-electron chi connectivity index (χ4n) is 1.99. The van der Waals surface area contributed by atoms with Gasteiger partial charge in [-0.3, -0.25) is 9.59 Å². The van der Waals surface area contributed by atoms with E-state index >= 15 is 0 Å². The van der Waals surface area contributed by atoms with Crippen molar-refractivity contribution in [2.75, 3.05) is 19.8 Å². The second kappa shape index (κ2) is 5.99. The van der Waals surface area contributed by atoms with Gasteiger partial charge in [0.05, 0.1) is 6.61 Å². The number of hydrogen-bond donors (Lipinski definition) is 0. The van der Waals surface area contributed by atoms with Crippen LogP contribution in [0.1, 0.15) is 39.5 Å². The van der Waals surface area contributed by atoms with Crippen molar-refractivity contribution in [3.63, 3.8) is 0 Å². The third-order valence-electron chi connectivity index (χ3n) is 3.03. The molecule has 0 N–H and O–H groups in total. The second-order valence-corrected chi connectivity index (χ2v) is 4.11. The Morgan fingerprint density at radius 3 is 2.38 bits per heavy atom. The normalized spacial score (nSPS) is 19.1. The molecule has 1 aliphatic heterocycles. The highest BCUT2D eigenvalue weighted by molar-refractivity contribution is 6.03. The summed E-state index contributed by atoms with van der Waals surface area (Å²) < 4.78 is 10.4. The van der Waals surface area contributed by atoms with Gasteiger partial charge in [-0.2, -0.15) is 0 Å². The minimum absolute atomic E-state index is 0.0168. The van der Waals surface area contributed by atoms with Crippen molar-refractivity contribution in [2.45, 2.75) is 39.5 Å². The average molecular weight is 228 g/mol. The molecule has 0 radical (unpaired) electrons. The quantitative estimate of drug-likeness (QED) is 0.531. The molecule has 0 saturated carbocycles. The van der Waals surface area contributed by atoms with E-state index in [1.807, 2.05) is 6.92 Å². The number of carbonyl (C=O) groups excluding carboxylic acids is 2. The van der Waals surface area contributed by atoms with Crippen LogP contribution in [-0.4, -0.2) is 31.6 Å². The molecule has 1 aliphatic rings. The zero-order valence-electron chi connectivity index (χ0n) is 10.1. The lowest BCUT2D eigenvalue weighted by Gasteiger charge is -2.33. The number of Topliss-reactive ketones (excluding diaryl/α,β-unsaturated/α-hetero) is 1. The number of hydrogen-bond acceptors (Lipinski definition) is 4. The lowest BCUT2D eigenvalue weighted by molar-refractivity contribution is -0.166. The maximum atomic E-state index is 12.0. The number of carbonyl (C=O) groups is 2. The zero-order chi connectivity index (χ0) is 12.0. The highest BCUT2D eigenvalue weighted by Crippen LogP contribution is 2.34. The molecule has 0 atom stereocenters. The Morgan fingerprint density at radius 2 is 1.88 bits per heavy atom. The fourth-order valence-corrected chi connectivity index (χ4v) is 1.99. The summed E-state index contributed by atoms with van der Waals surface area (Å²) in [5.74, 6) is -0.374. The second-order valence-electron chi connectivity index (χ2n) is 4.11. The van der Waals surface area contributed by atoms with Gasteiger partial charge in [0, 0.05) is 19.6 Å². The summed E-state index contributed by atoms with van der Waals surface area (Å²) in [6, 6.07) is 0. The molecule has 4 nitrogen and oxygen atoms in total. The van der Waals surface area contributed by atoms with Gasteiger partial charge < -0.3 is 9.47 Å². The Morgan fingerprint density at radius 1 is 1.25 bits per heavy atom. The van der Waals surface area contributed by atoms with Crippen LogP contribution in [-0.2, 0) is 19.1 Å². The molecular formula is C12H20O4. The maximum absolute atomic E-state index is 12.0. The monoisotopic (exact) mass is 228 g/mol. The van der Waals surface area contributed by atoms with Crippen molar-refractivity contribution < 1.29 is 19.1 Å². The Balaban J connectivity index is 2.76. The lowest BCUT2D eigenvalue weighted by atomic mass is 9.75. The molecule has 92 valence electrons. The molecule has 0 unspecified atom stereocenters. The van der Waals surface area contributed by atoms with Gasteiger partial charge in [0.15, 0.2) is 0 Å². The SMILES string of the molecule is CCCOC(=O)C1(C(=O)CC)CCOCC1. The summed E-state index contributed by atoms with van der Waals surface area (Å²) in [5, 5.41) is 0. The minimum atomic E-state index is -0.928. The molecule has 0 bridgehead atoms. The third-order valence-corrected chi connectivity index (χ3v) is 3.03. The first-order valence-corrected chi connectivity index (χ1v) is 5.95. The molecular weight excluding hydrogens is 208 g/mol. The molecule has 0 spiro atoms. The van der Waals surface area contributed by atoms with E-state index in [2.05, 4.69) is 0 Å². The topological polar surface area (TPSA) is 52.6 Å². The average Bonchev–Trinajstić information content (AvgIpc) is 2.35. The summed E-state index contributed by atoms with van der Waals surface area (Å²) in [5.41, 5.74) is -0.928. The number of rotatable bonds is 5. The van der Waals surface area contributed by atoms with Crippen LogP contribution < -0.4 is 0 Å². The number of ketones is 1. The molecule has 0 aromatic carbocycles. The summed E-state index contributed by atoms with van der Waals surface area (Å²) in [7, 11) is 0. The van der Waals surface area contributed by atoms with E-state index in [4.69, 9.17) is 9.47 Å². The van der Waals surface area contributed by atoms with Gasteiger partial charge in [-0.1, -0.05) is 13.8 Å². The largest absolute Gasteiger partial charge is 0.465 e. The first kappa shape index (κ1) is 13.2. The van der Waals surface area contributed by atoms with E-state index in [0.717, 1.165) is 6.42 Å². The first-order chi connectivity index (χ1) is 7.67. The maximum Gasteiger partial charge on any atom is 0.319 e. The van der Waals surface area contributed by atoms with Crippen molar-refractivity contribution in [3.05, 3.63) is 0 Å². The van der Waals surface area contributed by atoms with Crippen molar-refractivity contribution >= 4 is 11.8 Å². The van der Waals surface area contributed by atoms with E-state index in [-0.39, 0.29) is 11.8 Å². The van der Waals surface area contributed by atoms with E-state index in [0.29, 0.717) is 39.1 Å². The molecule has 1 heterocycles. The molecule has 4 heteroatoms. The van der Waals surface area contributed by atoms with E-state index in [9.17, 15) is 9.59 Å². The van der Waals surface area contributed by atoms with E-state index < -0.39 is 5.41 Å². The molecule has 16 heavy (non-hydrogen) atoms.